The molecule has 2 rings (SSSR count). The molecule has 108 valence electrons. The van der Waals surface area contributed by atoms with E-state index in [1.807, 2.05) is 19.1 Å². The number of nitro groups is 1. The first-order valence-corrected chi connectivity index (χ1v) is 6.19. The van der Waals surface area contributed by atoms with Gasteiger partial charge in [0.25, 0.3) is 5.69 Å². The van der Waals surface area contributed by atoms with Crippen LogP contribution in [0.15, 0.2) is 48.5 Å². The maximum absolute atomic E-state index is 11.6. The van der Waals surface area contributed by atoms with Gasteiger partial charge in [0.15, 0.2) is 6.61 Å². The second kappa shape index (κ2) is 6.51. The van der Waals surface area contributed by atoms with E-state index in [2.05, 4.69) is 0 Å². The van der Waals surface area contributed by atoms with E-state index in [0.29, 0.717) is 5.75 Å². The Labute approximate surface area is 121 Å². The molecule has 0 aliphatic heterocycles. The van der Waals surface area contributed by atoms with Crippen LogP contribution in [0.4, 0.5) is 5.69 Å². The molecule has 0 fully saturated rings. The summed E-state index contributed by atoms with van der Waals surface area (Å²) in [4.78, 5) is 21.7. The molecule has 0 N–H and O–H groups in total. The minimum absolute atomic E-state index is 0.113. The molecule has 0 saturated heterocycles. The van der Waals surface area contributed by atoms with Gasteiger partial charge in [0, 0.05) is 6.07 Å². The summed E-state index contributed by atoms with van der Waals surface area (Å²) in [7, 11) is 0. The van der Waals surface area contributed by atoms with Crippen molar-refractivity contribution in [2.75, 3.05) is 6.61 Å². The van der Waals surface area contributed by atoms with Crippen LogP contribution in [0.2, 0.25) is 0 Å². The standard InChI is InChI=1S/C15H13NO5/c1-11-5-7-13(8-6-11)20-10-15(17)21-14-4-2-3-12(9-14)16(18)19/h2-9H,10H2,1H3. The summed E-state index contributed by atoms with van der Waals surface area (Å²) < 4.78 is 10.2. The van der Waals surface area contributed by atoms with Crippen LogP contribution in [0.3, 0.4) is 0 Å². The Morgan fingerprint density at radius 1 is 1.14 bits per heavy atom. The molecule has 0 atom stereocenters. The lowest BCUT2D eigenvalue weighted by Crippen LogP contribution is -2.17. The second-order valence-corrected chi connectivity index (χ2v) is 4.33. The zero-order valence-electron chi connectivity index (χ0n) is 11.3. The number of benzene rings is 2. The molecule has 2 aromatic rings. The second-order valence-electron chi connectivity index (χ2n) is 4.33. The van der Waals surface area contributed by atoms with E-state index in [0.717, 1.165) is 5.56 Å². The third-order valence-corrected chi connectivity index (χ3v) is 2.64. The molecule has 0 heterocycles. The van der Waals surface area contributed by atoms with Gasteiger partial charge in [-0.05, 0) is 25.1 Å². The van der Waals surface area contributed by atoms with E-state index in [1.54, 1.807) is 12.1 Å². The number of hydrogen-bond donors (Lipinski definition) is 0. The van der Waals surface area contributed by atoms with Crippen LogP contribution >= 0.6 is 0 Å². The number of nitrogens with zero attached hydrogens (tertiary/aromatic N) is 1. The van der Waals surface area contributed by atoms with Crippen LogP contribution in [0.1, 0.15) is 5.56 Å². The van der Waals surface area contributed by atoms with E-state index in [9.17, 15) is 14.9 Å². The molecular formula is C15H13NO5. The van der Waals surface area contributed by atoms with Crippen LogP contribution in [0.25, 0.3) is 0 Å². The molecule has 21 heavy (non-hydrogen) atoms. The van der Waals surface area contributed by atoms with Gasteiger partial charge in [-0.3, -0.25) is 10.1 Å². The number of carbonyl (C=O) groups excluding carboxylic acids is 1. The minimum Gasteiger partial charge on any atom is -0.482 e. The number of non-ortho nitro benzene ring substituents is 1. The molecule has 0 saturated carbocycles. The zero-order chi connectivity index (χ0) is 15.2. The highest BCUT2D eigenvalue weighted by molar-refractivity contribution is 5.74. The number of aryl methyl sites for hydroxylation is 1. The molecule has 0 spiro atoms. The van der Waals surface area contributed by atoms with Gasteiger partial charge in [-0.1, -0.05) is 23.8 Å². The smallest absolute Gasteiger partial charge is 0.349 e. The Morgan fingerprint density at radius 3 is 2.52 bits per heavy atom. The first-order valence-electron chi connectivity index (χ1n) is 6.19. The van der Waals surface area contributed by atoms with Gasteiger partial charge in [-0.2, -0.15) is 0 Å². The molecule has 6 nitrogen and oxygen atoms in total. The molecule has 0 aromatic heterocycles. The summed E-state index contributed by atoms with van der Waals surface area (Å²) in [6.45, 7) is 1.67. The van der Waals surface area contributed by atoms with Crippen molar-refractivity contribution in [1.29, 1.82) is 0 Å². The van der Waals surface area contributed by atoms with E-state index >= 15 is 0 Å². The molecule has 0 unspecified atom stereocenters. The van der Waals surface area contributed by atoms with Crippen molar-refractivity contribution < 1.29 is 19.2 Å². The summed E-state index contributed by atoms with van der Waals surface area (Å²) in [5, 5.41) is 10.6. The van der Waals surface area contributed by atoms with Crippen molar-refractivity contribution in [2.24, 2.45) is 0 Å². The van der Waals surface area contributed by atoms with Crippen LogP contribution in [0, 0.1) is 17.0 Å². The number of hydrogen-bond acceptors (Lipinski definition) is 5. The highest BCUT2D eigenvalue weighted by Gasteiger charge is 2.10. The van der Waals surface area contributed by atoms with Crippen LogP contribution < -0.4 is 9.47 Å². The lowest BCUT2D eigenvalue weighted by atomic mass is 10.2. The average molecular weight is 287 g/mol. The quantitative estimate of drug-likeness (QED) is 0.365. The normalized spacial score (nSPS) is 9.95. The Morgan fingerprint density at radius 2 is 1.86 bits per heavy atom. The SMILES string of the molecule is Cc1ccc(OCC(=O)Oc2cccc([N+](=O)[O-])c2)cc1. The van der Waals surface area contributed by atoms with Crippen molar-refractivity contribution in [2.45, 2.75) is 6.92 Å². The highest BCUT2D eigenvalue weighted by atomic mass is 16.6. The van der Waals surface area contributed by atoms with Crippen LogP contribution in [-0.4, -0.2) is 17.5 Å². The lowest BCUT2D eigenvalue weighted by molar-refractivity contribution is -0.384. The molecule has 0 aliphatic rings. The predicted molar refractivity (Wildman–Crippen MR) is 75.4 cm³/mol. The van der Waals surface area contributed by atoms with E-state index in [4.69, 9.17) is 9.47 Å². The average Bonchev–Trinajstić information content (AvgIpc) is 2.47. The van der Waals surface area contributed by atoms with Gasteiger partial charge in [0.05, 0.1) is 11.0 Å². The largest absolute Gasteiger partial charge is 0.482 e. The van der Waals surface area contributed by atoms with Gasteiger partial charge < -0.3 is 9.47 Å². The van der Waals surface area contributed by atoms with Gasteiger partial charge in [-0.25, -0.2) is 4.79 Å². The maximum Gasteiger partial charge on any atom is 0.349 e. The maximum atomic E-state index is 11.6. The Hall–Kier alpha value is -2.89. The minimum atomic E-state index is -0.629. The van der Waals surface area contributed by atoms with Crippen LogP contribution in [0.5, 0.6) is 11.5 Å². The van der Waals surface area contributed by atoms with E-state index in [-0.39, 0.29) is 18.0 Å². The molecule has 0 amide bonds. The fourth-order valence-electron chi connectivity index (χ4n) is 1.60. The van der Waals surface area contributed by atoms with Crippen molar-refractivity contribution in [3.05, 3.63) is 64.2 Å². The first kappa shape index (κ1) is 14.5. The van der Waals surface area contributed by atoms with Crippen molar-refractivity contribution >= 4 is 11.7 Å². The van der Waals surface area contributed by atoms with E-state index in [1.165, 1.54) is 24.3 Å². The number of ether oxygens (including phenoxy) is 2. The van der Waals surface area contributed by atoms with E-state index < -0.39 is 10.9 Å². The molecule has 6 heteroatoms. The highest BCUT2D eigenvalue weighted by Crippen LogP contribution is 2.19. The fourth-order valence-corrected chi connectivity index (χ4v) is 1.60. The summed E-state index contributed by atoms with van der Waals surface area (Å²) in [5.74, 6) is 0.0365. The third-order valence-electron chi connectivity index (χ3n) is 2.64. The van der Waals surface area contributed by atoms with Gasteiger partial charge in [-0.15, -0.1) is 0 Å². The summed E-state index contributed by atoms with van der Waals surface area (Å²) in [6.07, 6.45) is 0. The lowest BCUT2D eigenvalue weighted by Gasteiger charge is -2.06. The molecule has 0 radical (unpaired) electrons. The van der Waals surface area contributed by atoms with Crippen LogP contribution in [-0.2, 0) is 4.79 Å². The number of carbonyl (C=O) groups is 1. The first-order chi connectivity index (χ1) is 10.0. The fraction of sp³-hybridized carbons (Fsp3) is 0.133. The number of nitro benzene ring substituents is 1. The monoisotopic (exact) mass is 287 g/mol. The zero-order valence-corrected chi connectivity index (χ0v) is 11.3. The van der Waals surface area contributed by atoms with Crippen molar-refractivity contribution in [3.63, 3.8) is 0 Å². The Kier molecular flexibility index (Phi) is 4.50. The van der Waals surface area contributed by atoms with Gasteiger partial charge in [0.1, 0.15) is 11.5 Å². The topological polar surface area (TPSA) is 78.7 Å². The summed E-state index contributed by atoms with van der Waals surface area (Å²) in [5.41, 5.74) is 0.946. The van der Waals surface area contributed by atoms with Gasteiger partial charge >= 0.3 is 5.97 Å². The molecule has 0 bridgehead atoms. The molecule has 0 aliphatic carbocycles. The predicted octanol–water partition coefficient (Wildman–Crippen LogP) is 2.89. The van der Waals surface area contributed by atoms with Gasteiger partial charge in [0.2, 0.25) is 0 Å². The van der Waals surface area contributed by atoms with Crippen molar-refractivity contribution in [1.82, 2.24) is 0 Å². The molecular weight excluding hydrogens is 274 g/mol. The number of rotatable bonds is 5. The summed E-state index contributed by atoms with van der Waals surface area (Å²) >= 11 is 0. The number of esters is 1. The Balaban J connectivity index is 1.91. The third kappa shape index (κ3) is 4.31. The Bertz CT molecular complexity index is 651. The molecule has 2 aromatic carbocycles. The summed E-state index contributed by atoms with van der Waals surface area (Å²) in [6, 6.07) is 12.6. The van der Waals surface area contributed by atoms with Crippen molar-refractivity contribution in [3.8, 4) is 11.5 Å².